The molecule has 0 radical (unpaired) electrons. The van der Waals surface area contributed by atoms with E-state index in [1.807, 2.05) is 31.2 Å². The quantitative estimate of drug-likeness (QED) is 0.617. The molecule has 3 rings (SSSR count). The molecule has 0 unspecified atom stereocenters. The van der Waals surface area contributed by atoms with Crippen LogP contribution in [-0.4, -0.2) is 14.3 Å². The molecule has 3 aromatic carbocycles. The number of nitrogens with one attached hydrogen (secondary N) is 2. The highest BCUT2D eigenvalue weighted by Crippen LogP contribution is 2.21. The maximum Gasteiger partial charge on any atom is 0.261 e. The van der Waals surface area contributed by atoms with E-state index in [0.29, 0.717) is 16.4 Å². The van der Waals surface area contributed by atoms with E-state index in [1.54, 1.807) is 36.4 Å². The Morgan fingerprint density at radius 3 is 2.36 bits per heavy atom. The summed E-state index contributed by atoms with van der Waals surface area (Å²) in [5.41, 5.74) is 2.77. The second-order valence-electron chi connectivity index (χ2n) is 6.29. The van der Waals surface area contributed by atoms with Gasteiger partial charge >= 0.3 is 0 Å². The summed E-state index contributed by atoms with van der Waals surface area (Å²) in [6.45, 7) is 1.94. The van der Waals surface area contributed by atoms with Gasteiger partial charge in [0.1, 0.15) is 0 Å². The first-order chi connectivity index (χ1) is 13.3. The Bertz CT molecular complexity index is 1100. The fourth-order valence-electron chi connectivity index (χ4n) is 2.66. The van der Waals surface area contributed by atoms with Crippen molar-refractivity contribution in [3.8, 4) is 0 Å². The minimum Gasteiger partial charge on any atom is -0.326 e. The lowest BCUT2D eigenvalue weighted by Gasteiger charge is -2.11. The van der Waals surface area contributed by atoms with Gasteiger partial charge in [-0.2, -0.15) is 0 Å². The van der Waals surface area contributed by atoms with Gasteiger partial charge in [-0.3, -0.25) is 9.52 Å². The number of benzene rings is 3. The number of amides is 1. The molecule has 0 fully saturated rings. The molecule has 2 N–H and O–H groups in total. The van der Waals surface area contributed by atoms with Crippen molar-refractivity contribution < 1.29 is 13.2 Å². The summed E-state index contributed by atoms with van der Waals surface area (Å²) in [6.07, 6.45) is 0.215. The summed E-state index contributed by atoms with van der Waals surface area (Å²) >= 11 is 5.82. The summed E-state index contributed by atoms with van der Waals surface area (Å²) in [4.78, 5) is 12.4. The van der Waals surface area contributed by atoms with Gasteiger partial charge in [-0.15, -0.1) is 0 Å². The Labute approximate surface area is 169 Å². The van der Waals surface area contributed by atoms with Crippen LogP contribution in [0.1, 0.15) is 11.1 Å². The second-order valence-corrected chi connectivity index (χ2v) is 8.41. The lowest BCUT2D eigenvalue weighted by molar-refractivity contribution is -0.115. The number of carbonyl (C=O) groups is 1. The highest BCUT2D eigenvalue weighted by atomic mass is 35.5. The molecule has 144 valence electrons. The van der Waals surface area contributed by atoms with Gasteiger partial charge in [0, 0.05) is 16.4 Å². The first kappa shape index (κ1) is 19.9. The molecule has 7 heteroatoms. The van der Waals surface area contributed by atoms with Crippen molar-refractivity contribution in [2.75, 3.05) is 10.0 Å². The van der Waals surface area contributed by atoms with Crippen molar-refractivity contribution in [2.45, 2.75) is 18.2 Å². The lowest BCUT2D eigenvalue weighted by Crippen LogP contribution is -2.16. The van der Waals surface area contributed by atoms with E-state index in [9.17, 15) is 13.2 Å². The monoisotopic (exact) mass is 414 g/mol. The fourth-order valence-corrected chi connectivity index (χ4v) is 3.89. The minimum atomic E-state index is -3.79. The van der Waals surface area contributed by atoms with Gasteiger partial charge in [0.2, 0.25) is 5.91 Å². The summed E-state index contributed by atoms with van der Waals surface area (Å²) in [7, 11) is -3.79. The zero-order valence-electron chi connectivity index (χ0n) is 15.1. The first-order valence-electron chi connectivity index (χ1n) is 8.56. The zero-order valence-corrected chi connectivity index (χ0v) is 16.7. The SMILES string of the molecule is Cc1ccccc1CC(=O)Nc1cccc(S(=O)(=O)Nc2ccc(Cl)cc2)c1. The van der Waals surface area contributed by atoms with Crippen molar-refractivity contribution in [1.29, 1.82) is 0 Å². The topological polar surface area (TPSA) is 75.3 Å². The van der Waals surface area contributed by atoms with E-state index in [4.69, 9.17) is 11.6 Å². The van der Waals surface area contributed by atoms with Crippen molar-refractivity contribution >= 4 is 38.9 Å². The van der Waals surface area contributed by atoms with Crippen LogP contribution in [0.3, 0.4) is 0 Å². The molecule has 0 bridgehead atoms. The molecule has 5 nitrogen and oxygen atoms in total. The predicted octanol–water partition coefficient (Wildman–Crippen LogP) is 4.63. The van der Waals surface area contributed by atoms with Crippen LogP contribution in [0.5, 0.6) is 0 Å². The second kappa shape index (κ2) is 8.46. The molecule has 0 aromatic heterocycles. The van der Waals surface area contributed by atoms with E-state index in [-0.39, 0.29) is 17.2 Å². The maximum atomic E-state index is 12.6. The van der Waals surface area contributed by atoms with Gasteiger partial charge in [0.05, 0.1) is 11.3 Å². The number of aryl methyl sites for hydroxylation is 1. The van der Waals surface area contributed by atoms with Crippen LogP contribution in [0, 0.1) is 6.92 Å². The number of anilines is 2. The Hall–Kier alpha value is -2.83. The Morgan fingerprint density at radius 1 is 0.929 bits per heavy atom. The van der Waals surface area contributed by atoms with Crippen LogP contribution < -0.4 is 10.0 Å². The molecule has 28 heavy (non-hydrogen) atoms. The van der Waals surface area contributed by atoms with Gasteiger partial charge in [-0.25, -0.2) is 8.42 Å². The highest BCUT2D eigenvalue weighted by molar-refractivity contribution is 7.92. The van der Waals surface area contributed by atoms with Gasteiger partial charge in [0.25, 0.3) is 10.0 Å². The zero-order chi connectivity index (χ0) is 20.1. The fraction of sp³-hybridized carbons (Fsp3) is 0.0952. The van der Waals surface area contributed by atoms with Crippen molar-refractivity contribution in [3.05, 3.63) is 88.9 Å². The molecule has 0 saturated heterocycles. The summed E-state index contributed by atoms with van der Waals surface area (Å²) < 4.78 is 27.7. The number of sulfonamides is 1. The first-order valence-corrected chi connectivity index (χ1v) is 10.4. The number of carbonyl (C=O) groups excluding carboxylic acids is 1. The van der Waals surface area contributed by atoms with Gasteiger partial charge in [0.15, 0.2) is 0 Å². The smallest absolute Gasteiger partial charge is 0.261 e. The molecule has 3 aromatic rings. The van der Waals surface area contributed by atoms with Crippen LogP contribution in [0.2, 0.25) is 5.02 Å². The normalized spacial score (nSPS) is 11.1. The molecule has 0 atom stereocenters. The molecular formula is C21H19ClN2O3S. The van der Waals surface area contributed by atoms with Crippen molar-refractivity contribution in [1.82, 2.24) is 0 Å². The van der Waals surface area contributed by atoms with Gasteiger partial charge in [-0.05, 0) is 60.5 Å². The third-order valence-electron chi connectivity index (χ3n) is 4.14. The molecule has 0 spiro atoms. The Balaban J connectivity index is 1.73. The number of hydrogen-bond donors (Lipinski definition) is 2. The maximum absolute atomic E-state index is 12.6. The summed E-state index contributed by atoms with van der Waals surface area (Å²) in [6, 6.07) is 20.1. The molecule has 0 aliphatic heterocycles. The number of halogens is 1. The standard InChI is InChI=1S/C21H19ClN2O3S/c1-15-5-2-3-6-16(15)13-21(25)23-19-7-4-8-20(14-19)28(26,27)24-18-11-9-17(22)10-12-18/h2-12,14,24H,13H2,1H3,(H,23,25). The predicted molar refractivity (Wildman–Crippen MR) is 112 cm³/mol. The summed E-state index contributed by atoms with van der Waals surface area (Å²) in [5, 5.41) is 3.27. The van der Waals surface area contributed by atoms with Crippen LogP contribution in [-0.2, 0) is 21.2 Å². The lowest BCUT2D eigenvalue weighted by atomic mass is 10.1. The molecule has 0 heterocycles. The van der Waals surface area contributed by atoms with E-state index in [0.717, 1.165) is 11.1 Å². The van der Waals surface area contributed by atoms with E-state index < -0.39 is 10.0 Å². The van der Waals surface area contributed by atoms with Crippen LogP contribution in [0.15, 0.2) is 77.7 Å². The Kier molecular flexibility index (Phi) is 6.02. The summed E-state index contributed by atoms with van der Waals surface area (Å²) in [5.74, 6) is -0.213. The number of hydrogen-bond acceptors (Lipinski definition) is 3. The molecule has 0 aliphatic carbocycles. The van der Waals surface area contributed by atoms with Crippen LogP contribution in [0.4, 0.5) is 11.4 Å². The molecule has 0 saturated carbocycles. The molecular weight excluding hydrogens is 396 g/mol. The van der Waals surface area contributed by atoms with Crippen molar-refractivity contribution in [2.24, 2.45) is 0 Å². The average Bonchev–Trinajstić information content (AvgIpc) is 2.65. The molecule has 0 aliphatic rings. The third-order valence-corrected chi connectivity index (χ3v) is 5.77. The average molecular weight is 415 g/mol. The molecule has 1 amide bonds. The van der Waals surface area contributed by atoms with E-state index in [1.165, 1.54) is 12.1 Å². The largest absolute Gasteiger partial charge is 0.326 e. The van der Waals surface area contributed by atoms with Crippen molar-refractivity contribution in [3.63, 3.8) is 0 Å². The number of rotatable bonds is 6. The van der Waals surface area contributed by atoms with E-state index >= 15 is 0 Å². The minimum absolute atomic E-state index is 0.0520. The van der Waals surface area contributed by atoms with Crippen LogP contribution in [0.25, 0.3) is 0 Å². The van der Waals surface area contributed by atoms with Gasteiger partial charge < -0.3 is 5.32 Å². The Morgan fingerprint density at radius 2 is 1.64 bits per heavy atom. The highest BCUT2D eigenvalue weighted by Gasteiger charge is 2.15. The van der Waals surface area contributed by atoms with Crippen LogP contribution >= 0.6 is 11.6 Å². The van der Waals surface area contributed by atoms with Gasteiger partial charge in [-0.1, -0.05) is 41.9 Å². The van der Waals surface area contributed by atoms with E-state index in [2.05, 4.69) is 10.0 Å². The third kappa shape index (κ3) is 5.12.